The second-order valence-corrected chi connectivity index (χ2v) is 6.90. The Morgan fingerprint density at radius 2 is 2.08 bits per heavy atom. The first kappa shape index (κ1) is 11.0. The lowest BCUT2D eigenvalue weighted by atomic mass is 9.88. The van der Waals surface area contributed by atoms with E-state index >= 15 is 0 Å². The SMILES string of the molecule is CC(C)CC1(O)CCS(=O)(=O)C1C. The van der Waals surface area contributed by atoms with Crippen molar-refractivity contribution in [1.82, 2.24) is 0 Å². The lowest BCUT2D eigenvalue weighted by Crippen LogP contribution is -2.39. The lowest BCUT2D eigenvalue weighted by Gasteiger charge is -2.27. The third kappa shape index (κ3) is 2.05. The molecule has 1 N–H and O–H groups in total. The van der Waals surface area contributed by atoms with Gasteiger partial charge in [-0.25, -0.2) is 8.42 Å². The van der Waals surface area contributed by atoms with Gasteiger partial charge in [-0.2, -0.15) is 0 Å². The molecule has 2 unspecified atom stereocenters. The van der Waals surface area contributed by atoms with Gasteiger partial charge in [0.2, 0.25) is 0 Å². The predicted molar refractivity (Wildman–Crippen MR) is 52.3 cm³/mol. The number of rotatable bonds is 2. The van der Waals surface area contributed by atoms with Gasteiger partial charge in [-0.3, -0.25) is 0 Å². The number of hydrogen-bond acceptors (Lipinski definition) is 3. The maximum atomic E-state index is 11.4. The molecule has 1 fully saturated rings. The molecule has 0 radical (unpaired) electrons. The zero-order valence-electron chi connectivity index (χ0n) is 8.45. The molecular weight excluding hydrogens is 188 g/mol. The second-order valence-electron chi connectivity index (χ2n) is 4.46. The van der Waals surface area contributed by atoms with E-state index in [-0.39, 0.29) is 5.75 Å². The molecule has 2 atom stereocenters. The molecule has 1 aliphatic rings. The van der Waals surface area contributed by atoms with Gasteiger partial charge in [0.25, 0.3) is 0 Å². The van der Waals surface area contributed by atoms with Crippen molar-refractivity contribution in [2.75, 3.05) is 5.75 Å². The third-order valence-corrected chi connectivity index (χ3v) is 5.17. The summed E-state index contributed by atoms with van der Waals surface area (Å²) in [5, 5.41) is 9.49. The topological polar surface area (TPSA) is 54.4 Å². The molecule has 0 bridgehead atoms. The highest BCUT2D eigenvalue weighted by Gasteiger charge is 2.48. The second kappa shape index (κ2) is 3.24. The highest BCUT2D eigenvalue weighted by Crippen LogP contribution is 2.35. The monoisotopic (exact) mass is 206 g/mol. The van der Waals surface area contributed by atoms with E-state index in [9.17, 15) is 13.5 Å². The fourth-order valence-electron chi connectivity index (χ4n) is 2.01. The highest BCUT2D eigenvalue weighted by atomic mass is 32.2. The van der Waals surface area contributed by atoms with Crippen molar-refractivity contribution in [2.24, 2.45) is 5.92 Å². The van der Waals surface area contributed by atoms with Crippen LogP contribution in [0.5, 0.6) is 0 Å². The van der Waals surface area contributed by atoms with Crippen molar-refractivity contribution in [3.8, 4) is 0 Å². The average Bonchev–Trinajstić information content (AvgIpc) is 2.14. The molecule has 0 spiro atoms. The molecule has 0 amide bonds. The maximum Gasteiger partial charge on any atom is 0.155 e. The van der Waals surface area contributed by atoms with Crippen molar-refractivity contribution in [2.45, 2.75) is 44.5 Å². The Bertz CT molecular complexity index is 281. The molecular formula is C9H18O3S. The molecule has 1 aliphatic heterocycles. The Morgan fingerprint density at radius 1 is 1.54 bits per heavy atom. The molecule has 78 valence electrons. The van der Waals surface area contributed by atoms with Crippen LogP contribution in [0.1, 0.15) is 33.6 Å². The van der Waals surface area contributed by atoms with Crippen LogP contribution in [0, 0.1) is 5.92 Å². The van der Waals surface area contributed by atoms with E-state index in [0.717, 1.165) is 0 Å². The summed E-state index contributed by atoms with van der Waals surface area (Å²) < 4.78 is 22.8. The van der Waals surface area contributed by atoms with Crippen molar-refractivity contribution >= 4 is 9.84 Å². The minimum Gasteiger partial charge on any atom is -0.389 e. The smallest absolute Gasteiger partial charge is 0.155 e. The van der Waals surface area contributed by atoms with Gasteiger partial charge in [0.1, 0.15) is 0 Å². The highest BCUT2D eigenvalue weighted by molar-refractivity contribution is 7.92. The van der Waals surface area contributed by atoms with Crippen molar-refractivity contribution < 1.29 is 13.5 Å². The summed E-state index contributed by atoms with van der Waals surface area (Å²) in [6, 6.07) is 0. The number of sulfone groups is 1. The Balaban J connectivity index is 2.84. The molecule has 4 heteroatoms. The van der Waals surface area contributed by atoms with E-state index in [2.05, 4.69) is 0 Å². The minimum absolute atomic E-state index is 0.136. The molecule has 0 aliphatic carbocycles. The molecule has 1 heterocycles. The van der Waals surface area contributed by atoms with Crippen LogP contribution in [0.15, 0.2) is 0 Å². The Morgan fingerprint density at radius 3 is 2.38 bits per heavy atom. The van der Waals surface area contributed by atoms with Gasteiger partial charge < -0.3 is 5.11 Å². The maximum absolute atomic E-state index is 11.4. The van der Waals surface area contributed by atoms with Crippen LogP contribution >= 0.6 is 0 Å². The number of hydrogen-bond donors (Lipinski definition) is 1. The van der Waals surface area contributed by atoms with Gasteiger partial charge in [-0.1, -0.05) is 13.8 Å². The van der Waals surface area contributed by atoms with Crippen LogP contribution in [-0.2, 0) is 9.84 Å². The van der Waals surface area contributed by atoms with Gasteiger partial charge in [0, 0.05) is 0 Å². The van der Waals surface area contributed by atoms with Gasteiger partial charge in [0.15, 0.2) is 9.84 Å². The Kier molecular flexibility index (Phi) is 2.74. The van der Waals surface area contributed by atoms with Gasteiger partial charge >= 0.3 is 0 Å². The average molecular weight is 206 g/mol. The van der Waals surface area contributed by atoms with Crippen molar-refractivity contribution in [3.63, 3.8) is 0 Å². The summed E-state index contributed by atoms with van der Waals surface area (Å²) in [4.78, 5) is 0. The zero-order chi connectivity index (χ0) is 10.3. The fraction of sp³-hybridized carbons (Fsp3) is 1.00. The summed E-state index contributed by atoms with van der Waals surface area (Å²) >= 11 is 0. The normalized spacial score (nSPS) is 38.4. The van der Waals surface area contributed by atoms with Gasteiger partial charge in [-0.05, 0) is 25.7 Å². The standard InChI is InChI=1S/C9H18O3S/c1-7(2)6-9(10)4-5-13(11,12)8(9)3/h7-8,10H,4-6H2,1-3H3. The van der Waals surface area contributed by atoms with E-state index < -0.39 is 20.7 Å². The van der Waals surface area contributed by atoms with Crippen LogP contribution in [0.4, 0.5) is 0 Å². The molecule has 0 saturated carbocycles. The summed E-state index contributed by atoms with van der Waals surface area (Å²) in [6.07, 6.45) is 0.974. The molecule has 0 aromatic carbocycles. The van der Waals surface area contributed by atoms with Crippen LogP contribution in [0.3, 0.4) is 0 Å². The first-order valence-electron chi connectivity index (χ1n) is 4.72. The third-order valence-electron chi connectivity index (χ3n) is 2.88. The quantitative estimate of drug-likeness (QED) is 0.732. The zero-order valence-corrected chi connectivity index (χ0v) is 9.26. The van der Waals surface area contributed by atoms with Gasteiger partial charge in [0.05, 0.1) is 16.6 Å². The summed E-state index contributed by atoms with van der Waals surface area (Å²) in [7, 11) is -3.03. The lowest BCUT2D eigenvalue weighted by molar-refractivity contribution is 0.0244. The van der Waals surface area contributed by atoms with E-state index in [0.29, 0.717) is 18.8 Å². The minimum atomic E-state index is -3.03. The molecule has 0 aromatic rings. The van der Waals surface area contributed by atoms with Gasteiger partial charge in [-0.15, -0.1) is 0 Å². The molecule has 1 rings (SSSR count). The molecule has 0 aromatic heterocycles. The van der Waals surface area contributed by atoms with E-state index in [4.69, 9.17) is 0 Å². The van der Waals surface area contributed by atoms with Crippen LogP contribution < -0.4 is 0 Å². The van der Waals surface area contributed by atoms with E-state index in [1.54, 1.807) is 6.92 Å². The summed E-state index contributed by atoms with van der Waals surface area (Å²) in [6.45, 7) is 5.61. The van der Waals surface area contributed by atoms with E-state index in [1.165, 1.54) is 0 Å². The largest absolute Gasteiger partial charge is 0.389 e. The predicted octanol–water partition coefficient (Wildman–Crippen LogP) is 0.971. The Hall–Kier alpha value is -0.0900. The van der Waals surface area contributed by atoms with Crippen LogP contribution in [0.25, 0.3) is 0 Å². The Labute approximate surface area is 80.1 Å². The summed E-state index contributed by atoms with van der Waals surface area (Å²) in [5.74, 6) is 0.470. The first-order valence-corrected chi connectivity index (χ1v) is 6.43. The molecule has 3 nitrogen and oxygen atoms in total. The first-order chi connectivity index (χ1) is 5.78. The molecule has 13 heavy (non-hydrogen) atoms. The van der Waals surface area contributed by atoms with Crippen molar-refractivity contribution in [3.05, 3.63) is 0 Å². The molecule has 1 saturated heterocycles. The van der Waals surface area contributed by atoms with Crippen molar-refractivity contribution in [1.29, 1.82) is 0 Å². The van der Waals surface area contributed by atoms with Crippen LogP contribution in [0.2, 0.25) is 0 Å². The van der Waals surface area contributed by atoms with Crippen LogP contribution in [-0.4, -0.2) is 30.1 Å². The number of aliphatic hydroxyl groups is 1. The summed E-state index contributed by atoms with van der Waals surface area (Å²) in [5.41, 5.74) is -0.979. The van der Waals surface area contributed by atoms with E-state index in [1.807, 2.05) is 13.8 Å². The fourth-order valence-corrected chi connectivity index (χ4v) is 3.88.